The van der Waals surface area contributed by atoms with Crippen molar-refractivity contribution in [2.24, 2.45) is 0 Å². The van der Waals surface area contributed by atoms with Gasteiger partial charge in [-0.05, 0) is 25.3 Å². The SMILES string of the molecule is Cc1ccc(C(=O)C(CCCP(=O)(O)O)c2ccccc2)cc1. The van der Waals surface area contributed by atoms with E-state index in [0.717, 1.165) is 11.1 Å². The first-order valence-corrected chi connectivity index (χ1v) is 9.37. The van der Waals surface area contributed by atoms with Gasteiger partial charge in [0.15, 0.2) is 5.78 Å². The van der Waals surface area contributed by atoms with Crippen molar-refractivity contribution < 1.29 is 19.1 Å². The van der Waals surface area contributed by atoms with Crippen molar-refractivity contribution in [2.45, 2.75) is 25.7 Å². The summed E-state index contributed by atoms with van der Waals surface area (Å²) in [6, 6.07) is 16.8. The van der Waals surface area contributed by atoms with Crippen LogP contribution in [0.15, 0.2) is 54.6 Å². The predicted molar refractivity (Wildman–Crippen MR) is 90.8 cm³/mol. The summed E-state index contributed by atoms with van der Waals surface area (Å²) in [5.74, 6) is -0.396. The number of carbonyl (C=O) groups excluding carboxylic acids is 1. The van der Waals surface area contributed by atoms with E-state index in [1.165, 1.54) is 0 Å². The Morgan fingerprint density at radius 1 is 1.04 bits per heavy atom. The van der Waals surface area contributed by atoms with Gasteiger partial charge in [-0.25, -0.2) is 0 Å². The van der Waals surface area contributed by atoms with Crippen LogP contribution in [-0.2, 0) is 4.57 Å². The first kappa shape index (κ1) is 17.6. The van der Waals surface area contributed by atoms with Crippen LogP contribution in [0.1, 0.15) is 40.2 Å². The largest absolute Gasteiger partial charge is 0.325 e. The van der Waals surface area contributed by atoms with Crippen LogP contribution in [0.4, 0.5) is 0 Å². The second-order valence-electron chi connectivity index (χ2n) is 5.72. The van der Waals surface area contributed by atoms with Gasteiger partial charge < -0.3 is 9.79 Å². The van der Waals surface area contributed by atoms with Gasteiger partial charge in [0.05, 0.1) is 0 Å². The molecular weight excluding hydrogens is 311 g/mol. The number of hydrogen-bond acceptors (Lipinski definition) is 2. The van der Waals surface area contributed by atoms with Crippen LogP contribution in [0.25, 0.3) is 0 Å². The summed E-state index contributed by atoms with van der Waals surface area (Å²) in [6.45, 7) is 1.96. The second kappa shape index (κ2) is 7.69. The third kappa shape index (κ3) is 5.43. The van der Waals surface area contributed by atoms with Gasteiger partial charge >= 0.3 is 7.60 Å². The van der Waals surface area contributed by atoms with Gasteiger partial charge in [-0.2, -0.15) is 0 Å². The van der Waals surface area contributed by atoms with E-state index in [-0.39, 0.29) is 17.9 Å². The molecule has 0 spiro atoms. The molecule has 5 heteroatoms. The predicted octanol–water partition coefficient (Wildman–Crippen LogP) is 3.92. The van der Waals surface area contributed by atoms with Gasteiger partial charge in [-0.3, -0.25) is 9.36 Å². The van der Waals surface area contributed by atoms with Crippen LogP contribution < -0.4 is 0 Å². The van der Waals surface area contributed by atoms with Crippen molar-refractivity contribution in [1.29, 1.82) is 0 Å². The smallest absolute Gasteiger partial charge is 0.324 e. The van der Waals surface area contributed by atoms with Gasteiger partial charge in [0.1, 0.15) is 0 Å². The van der Waals surface area contributed by atoms with Crippen molar-refractivity contribution in [2.75, 3.05) is 6.16 Å². The summed E-state index contributed by atoms with van der Waals surface area (Å²) in [5, 5.41) is 0. The molecule has 0 aromatic heterocycles. The Balaban J connectivity index is 2.21. The Morgan fingerprint density at radius 3 is 2.22 bits per heavy atom. The molecule has 0 heterocycles. The minimum absolute atomic E-state index is 0.0121. The standard InChI is InChI=1S/C18H21O4P/c1-14-9-11-16(12-10-14)18(19)17(8-5-13-23(20,21)22)15-6-3-2-4-7-15/h2-4,6-7,9-12,17H,5,8,13H2,1H3,(H2,20,21,22). The van der Waals surface area contributed by atoms with Crippen molar-refractivity contribution >= 4 is 13.4 Å². The highest BCUT2D eigenvalue weighted by Crippen LogP contribution is 2.37. The lowest BCUT2D eigenvalue weighted by Crippen LogP contribution is -2.14. The van der Waals surface area contributed by atoms with Gasteiger partial charge in [0.25, 0.3) is 0 Å². The fraction of sp³-hybridized carbons (Fsp3) is 0.278. The minimum Gasteiger partial charge on any atom is -0.324 e. The third-order valence-electron chi connectivity index (χ3n) is 3.80. The fourth-order valence-corrected chi connectivity index (χ4v) is 3.15. The molecule has 0 bridgehead atoms. The Kier molecular flexibility index (Phi) is 5.89. The van der Waals surface area contributed by atoms with Gasteiger partial charge in [-0.1, -0.05) is 60.2 Å². The maximum absolute atomic E-state index is 12.8. The van der Waals surface area contributed by atoms with Crippen molar-refractivity contribution in [3.05, 3.63) is 71.3 Å². The number of Topliss-reactive ketones (excluding diaryl/α,β-unsaturated/α-hetero) is 1. The van der Waals surface area contributed by atoms with Crippen LogP contribution >= 0.6 is 7.60 Å². The normalized spacial score (nSPS) is 12.8. The summed E-state index contributed by atoms with van der Waals surface area (Å²) in [7, 11) is -4.03. The van der Waals surface area contributed by atoms with Gasteiger partial charge in [-0.15, -0.1) is 0 Å². The first-order chi connectivity index (χ1) is 10.9. The van der Waals surface area contributed by atoms with Crippen LogP contribution in [-0.4, -0.2) is 21.7 Å². The number of aryl methyl sites for hydroxylation is 1. The molecule has 1 atom stereocenters. The molecule has 122 valence electrons. The zero-order valence-electron chi connectivity index (χ0n) is 13.1. The Labute approximate surface area is 136 Å². The molecule has 0 radical (unpaired) electrons. The lowest BCUT2D eigenvalue weighted by molar-refractivity contribution is 0.0954. The molecule has 2 N–H and O–H groups in total. The van der Waals surface area contributed by atoms with E-state index in [9.17, 15) is 9.36 Å². The number of ketones is 1. The van der Waals surface area contributed by atoms with E-state index in [1.54, 1.807) is 12.1 Å². The number of hydrogen-bond donors (Lipinski definition) is 2. The van der Waals surface area contributed by atoms with Crippen molar-refractivity contribution in [1.82, 2.24) is 0 Å². The van der Waals surface area contributed by atoms with E-state index in [0.29, 0.717) is 18.4 Å². The Hall–Kier alpha value is -1.74. The topological polar surface area (TPSA) is 74.6 Å². The highest BCUT2D eigenvalue weighted by atomic mass is 31.2. The molecule has 0 saturated heterocycles. The molecule has 0 aliphatic carbocycles. The Bertz CT molecular complexity index is 689. The van der Waals surface area contributed by atoms with E-state index in [1.807, 2.05) is 49.4 Å². The quantitative estimate of drug-likeness (QED) is 0.595. The Morgan fingerprint density at radius 2 is 1.65 bits per heavy atom. The van der Waals surface area contributed by atoms with E-state index in [4.69, 9.17) is 9.79 Å². The molecule has 0 aliphatic rings. The fourth-order valence-electron chi connectivity index (χ4n) is 2.55. The first-order valence-electron chi connectivity index (χ1n) is 7.57. The van der Waals surface area contributed by atoms with Gasteiger partial charge in [0.2, 0.25) is 0 Å². The van der Waals surface area contributed by atoms with Crippen LogP contribution in [0.2, 0.25) is 0 Å². The van der Waals surface area contributed by atoms with Crippen molar-refractivity contribution in [3.8, 4) is 0 Å². The lowest BCUT2D eigenvalue weighted by Gasteiger charge is -2.17. The zero-order valence-corrected chi connectivity index (χ0v) is 13.9. The van der Waals surface area contributed by atoms with E-state index in [2.05, 4.69) is 0 Å². The number of carbonyl (C=O) groups is 1. The van der Waals surface area contributed by atoms with Crippen LogP contribution in [0.5, 0.6) is 0 Å². The summed E-state index contributed by atoms with van der Waals surface area (Å²) < 4.78 is 11.0. The third-order valence-corrected chi connectivity index (χ3v) is 4.70. The van der Waals surface area contributed by atoms with E-state index < -0.39 is 7.60 Å². The van der Waals surface area contributed by atoms with Crippen molar-refractivity contribution in [3.63, 3.8) is 0 Å². The molecule has 1 unspecified atom stereocenters. The summed E-state index contributed by atoms with van der Waals surface area (Å²) in [5.41, 5.74) is 2.59. The summed E-state index contributed by atoms with van der Waals surface area (Å²) >= 11 is 0. The van der Waals surface area contributed by atoms with E-state index >= 15 is 0 Å². The minimum atomic E-state index is -4.03. The molecule has 0 fully saturated rings. The zero-order chi connectivity index (χ0) is 16.9. The number of benzene rings is 2. The van der Waals surface area contributed by atoms with Crippen LogP contribution in [0, 0.1) is 6.92 Å². The molecule has 2 rings (SSSR count). The molecule has 4 nitrogen and oxygen atoms in total. The average molecular weight is 332 g/mol. The maximum atomic E-state index is 12.8. The molecule has 23 heavy (non-hydrogen) atoms. The summed E-state index contributed by atoms with van der Waals surface area (Å²) in [6.07, 6.45) is 0.529. The molecule has 0 aliphatic heterocycles. The molecular formula is C18H21O4P. The monoisotopic (exact) mass is 332 g/mol. The average Bonchev–Trinajstić information content (AvgIpc) is 2.51. The lowest BCUT2D eigenvalue weighted by atomic mass is 9.87. The molecule has 0 saturated carbocycles. The van der Waals surface area contributed by atoms with Gasteiger partial charge in [0, 0.05) is 17.6 Å². The highest BCUT2D eigenvalue weighted by Gasteiger charge is 2.23. The molecule has 2 aromatic carbocycles. The second-order valence-corrected chi connectivity index (χ2v) is 7.50. The maximum Gasteiger partial charge on any atom is 0.325 e. The van der Waals surface area contributed by atoms with Crippen LogP contribution in [0.3, 0.4) is 0 Å². The molecule has 2 aromatic rings. The number of rotatable bonds is 7. The highest BCUT2D eigenvalue weighted by molar-refractivity contribution is 7.51. The summed E-state index contributed by atoms with van der Waals surface area (Å²) in [4.78, 5) is 30.8. The molecule has 0 amide bonds.